The molecule has 6 rings (SSSR count). The maximum atomic E-state index is 11.8. The van der Waals surface area contributed by atoms with Crippen LogP contribution in [0.25, 0.3) is 0 Å². The number of hydrogen-bond donors (Lipinski definition) is 6. The predicted octanol–water partition coefficient (Wildman–Crippen LogP) is 2.49. The summed E-state index contributed by atoms with van der Waals surface area (Å²) in [6.45, 7) is 8.83. The third-order valence-corrected chi connectivity index (χ3v) is 13.2. The second-order valence-electron chi connectivity index (χ2n) is 15.4. The van der Waals surface area contributed by atoms with Crippen LogP contribution in [0.3, 0.4) is 0 Å². The second kappa shape index (κ2) is 11.3. The largest absolute Gasteiger partial charge is 0.394 e. The van der Waals surface area contributed by atoms with Crippen LogP contribution in [0.4, 0.5) is 0 Å². The van der Waals surface area contributed by atoms with Crippen LogP contribution in [0.1, 0.15) is 85.5 Å². The molecule has 0 aromatic carbocycles. The van der Waals surface area contributed by atoms with E-state index in [1.54, 1.807) is 0 Å². The number of fused-ring (bicyclic) bond motifs is 7. The van der Waals surface area contributed by atoms with Gasteiger partial charge in [0.2, 0.25) is 0 Å². The number of aliphatic hydroxyl groups is 6. The van der Waals surface area contributed by atoms with Crippen molar-refractivity contribution in [3.8, 4) is 0 Å². The molecule has 0 amide bonds. The van der Waals surface area contributed by atoms with E-state index in [0.29, 0.717) is 36.5 Å². The standard InChI is InChI=1S/C33H54O9/c1-17(16-40-30-29(38)28(37)27(36)25(15-34)41-30)7-12-33(39)18(2)26-24(42-33)14-23-21-6-5-19-13-20(35)8-10-31(19,3)22(21)9-11-32(23,26)4/h5,17-18,20-30,34-39H,6-16H2,1-4H3/t17-,18+,20+,21-,22+,23+,24+,25-,26+,27-,28+,29-,30-,31+,32+,33?/m1/s1. The molecule has 0 radical (unpaired) electrons. The van der Waals surface area contributed by atoms with E-state index in [1.165, 1.54) is 18.4 Å². The molecule has 9 heteroatoms. The SMILES string of the molecule is C[C@H](CCC1(O)O[C@H]2C[C@H]3[C@@H]4CC=C5C[C@@H](O)CC[C@]5(C)[C@H]4CC[C@]3(C)[C@H]2[C@@H]1C)CO[C@@H]1O[C@H](CO)[C@@H](O)[C@H](O)[C@H]1O. The molecule has 4 aliphatic carbocycles. The molecular formula is C33H54O9. The fraction of sp³-hybridized carbons (Fsp3) is 0.939. The first-order valence-corrected chi connectivity index (χ1v) is 16.5. The van der Waals surface area contributed by atoms with Gasteiger partial charge in [0.05, 0.1) is 25.4 Å². The van der Waals surface area contributed by atoms with Gasteiger partial charge in [0.15, 0.2) is 12.1 Å². The zero-order valence-corrected chi connectivity index (χ0v) is 25.8. The van der Waals surface area contributed by atoms with Crippen molar-refractivity contribution in [3.63, 3.8) is 0 Å². The van der Waals surface area contributed by atoms with E-state index < -0.39 is 43.1 Å². The van der Waals surface area contributed by atoms with Crippen molar-refractivity contribution in [3.05, 3.63) is 11.6 Å². The van der Waals surface area contributed by atoms with Gasteiger partial charge in [-0.3, -0.25) is 0 Å². The minimum absolute atomic E-state index is 0.0164. The van der Waals surface area contributed by atoms with E-state index in [2.05, 4.69) is 26.8 Å². The molecule has 0 bridgehead atoms. The van der Waals surface area contributed by atoms with E-state index in [1.807, 2.05) is 6.92 Å². The van der Waals surface area contributed by atoms with Gasteiger partial charge in [0.1, 0.15) is 24.4 Å². The zero-order chi connectivity index (χ0) is 30.2. The molecule has 9 nitrogen and oxygen atoms in total. The van der Waals surface area contributed by atoms with Gasteiger partial charge in [0, 0.05) is 12.3 Å². The smallest absolute Gasteiger partial charge is 0.186 e. The summed E-state index contributed by atoms with van der Waals surface area (Å²) >= 11 is 0. The lowest BCUT2D eigenvalue weighted by Crippen LogP contribution is -2.59. The minimum Gasteiger partial charge on any atom is -0.394 e. The van der Waals surface area contributed by atoms with E-state index in [4.69, 9.17) is 14.2 Å². The fourth-order valence-corrected chi connectivity index (χ4v) is 10.6. The molecule has 16 atom stereocenters. The lowest BCUT2D eigenvalue weighted by atomic mass is 9.47. The van der Waals surface area contributed by atoms with Crippen molar-refractivity contribution in [2.45, 2.75) is 134 Å². The Morgan fingerprint density at radius 1 is 1.05 bits per heavy atom. The van der Waals surface area contributed by atoms with Crippen molar-refractivity contribution in [2.24, 2.45) is 46.3 Å². The third-order valence-electron chi connectivity index (χ3n) is 13.2. The van der Waals surface area contributed by atoms with Gasteiger partial charge in [-0.1, -0.05) is 39.3 Å². The van der Waals surface area contributed by atoms with Crippen molar-refractivity contribution in [1.29, 1.82) is 0 Å². The Hall–Kier alpha value is -0.620. The second-order valence-corrected chi connectivity index (χ2v) is 15.4. The average Bonchev–Trinajstić information content (AvgIpc) is 3.39. The van der Waals surface area contributed by atoms with Crippen LogP contribution in [-0.4, -0.2) is 92.6 Å². The minimum atomic E-state index is -1.46. The van der Waals surface area contributed by atoms with Gasteiger partial charge >= 0.3 is 0 Å². The molecular weight excluding hydrogens is 540 g/mol. The van der Waals surface area contributed by atoms with Gasteiger partial charge < -0.3 is 44.8 Å². The molecule has 1 unspecified atom stereocenters. The van der Waals surface area contributed by atoms with Crippen molar-refractivity contribution < 1.29 is 44.8 Å². The van der Waals surface area contributed by atoms with Crippen LogP contribution in [0.15, 0.2) is 11.6 Å². The molecule has 6 N–H and O–H groups in total. The summed E-state index contributed by atoms with van der Waals surface area (Å²) in [4.78, 5) is 0. The van der Waals surface area contributed by atoms with Gasteiger partial charge in [-0.05, 0) is 91.8 Å². The highest BCUT2D eigenvalue weighted by molar-refractivity contribution is 5.26. The Morgan fingerprint density at radius 2 is 1.81 bits per heavy atom. The lowest BCUT2D eigenvalue weighted by molar-refractivity contribution is -0.303. The lowest BCUT2D eigenvalue weighted by Gasteiger charge is -2.58. The van der Waals surface area contributed by atoms with Crippen LogP contribution >= 0.6 is 0 Å². The Kier molecular flexibility index (Phi) is 8.45. The van der Waals surface area contributed by atoms with Crippen molar-refractivity contribution >= 4 is 0 Å². The van der Waals surface area contributed by atoms with E-state index in [0.717, 1.165) is 32.1 Å². The molecule has 2 saturated heterocycles. The van der Waals surface area contributed by atoms with Crippen LogP contribution < -0.4 is 0 Å². The summed E-state index contributed by atoms with van der Waals surface area (Å²) in [7, 11) is 0. The Morgan fingerprint density at radius 3 is 2.55 bits per heavy atom. The molecule has 0 aromatic heterocycles. The first kappa shape index (κ1) is 31.4. The summed E-state index contributed by atoms with van der Waals surface area (Å²) in [6, 6.07) is 0. The topological polar surface area (TPSA) is 149 Å². The molecule has 6 aliphatic rings. The van der Waals surface area contributed by atoms with Crippen molar-refractivity contribution in [2.75, 3.05) is 13.2 Å². The summed E-state index contributed by atoms with van der Waals surface area (Å²) < 4.78 is 17.8. The summed E-state index contributed by atoms with van der Waals surface area (Å²) in [5, 5.41) is 61.8. The number of rotatable bonds is 7. The number of allylic oxidation sites excluding steroid dienone is 1. The highest BCUT2D eigenvalue weighted by atomic mass is 16.7. The summed E-state index contributed by atoms with van der Waals surface area (Å²) in [5.74, 6) is 1.06. The average molecular weight is 595 g/mol. The maximum Gasteiger partial charge on any atom is 0.186 e. The Bertz CT molecular complexity index is 1020. The molecule has 2 heterocycles. The molecule has 5 fully saturated rings. The number of hydrogen-bond acceptors (Lipinski definition) is 9. The Balaban J connectivity index is 1.06. The quantitative estimate of drug-likeness (QED) is 0.245. The summed E-state index contributed by atoms with van der Waals surface area (Å²) in [5.41, 5.74) is 1.85. The molecule has 0 spiro atoms. The van der Waals surface area contributed by atoms with E-state index in [9.17, 15) is 30.6 Å². The monoisotopic (exact) mass is 594 g/mol. The fourth-order valence-electron chi connectivity index (χ4n) is 10.6. The van der Waals surface area contributed by atoms with E-state index in [-0.39, 0.29) is 41.5 Å². The van der Waals surface area contributed by atoms with Crippen LogP contribution in [-0.2, 0) is 14.2 Å². The van der Waals surface area contributed by atoms with Crippen LogP contribution in [0, 0.1) is 46.3 Å². The van der Waals surface area contributed by atoms with Gasteiger partial charge in [0.25, 0.3) is 0 Å². The van der Waals surface area contributed by atoms with Crippen LogP contribution in [0.2, 0.25) is 0 Å². The van der Waals surface area contributed by atoms with Gasteiger partial charge in [-0.15, -0.1) is 0 Å². The molecule has 0 aromatic rings. The number of aliphatic hydroxyl groups excluding tert-OH is 5. The summed E-state index contributed by atoms with van der Waals surface area (Å²) in [6.07, 6.45) is 4.36. The molecule has 2 aliphatic heterocycles. The van der Waals surface area contributed by atoms with Crippen molar-refractivity contribution in [1.82, 2.24) is 0 Å². The zero-order valence-electron chi connectivity index (χ0n) is 25.8. The Labute approximate surface area is 250 Å². The molecule has 3 saturated carbocycles. The number of ether oxygens (including phenoxy) is 3. The first-order chi connectivity index (χ1) is 19.8. The van der Waals surface area contributed by atoms with Gasteiger partial charge in [-0.2, -0.15) is 0 Å². The molecule has 240 valence electrons. The maximum absolute atomic E-state index is 11.8. The normalized spacial score (nSPS) is 54.4. The van der Waals surface area contributed by atoms with Crippen LogP contribution in [0.5, 0.6) is 0 Å². The van der Waals surface area contributed by atoms with E-state index >= 15 is 0 Å². The highest BCUT2D eigenvalue weighted by Gasteiger charge is 2.67. The predicted molar refractivity (Wildman–Crippen MR) is 154 cm³/mol. The first-order valence-electron chi connectivity index (χ1n) is 16.5. The third kappa shape index (κ3) is 4.94. The molecule has 42 heavy (non-hydrogen) atoms. The van der Waals surface area contributed by atoms with Gasteiger partial charge in [-0.25, -0.2) is 0 Å². The highest BCUT2D eigenvalue weighted by Crippen LogP contribution is 2.70.